The van der Waals surface area contributed by atoms with Crippen LogP contribution < -0.4 is 0 Å². The molecule has 1 aromatic rings. The maximum atomic E-state index is 10.8. The standard InChI is InChI=1S/C9H8Cl2O2S/c1-7(6-14(11,12)13)8-3-2-4-9(10)5-8/h2-5H,1,6H2. The molecule has 0 heterocycles. The zero-order chi connectivity index (χ0) is 10.8. The Morgan fingerprint density at radius 3 is 2.57 bits per heavy atom. The van der Waals surface area contributed by atoms with Gasteiger partial charge in [0.25, 0.3) is 0 Å². The molecule has 1 aromatic carbocycles. The molecule has 0 aliphatic heterocycles. The first kappa shape index (κ1) is 11.6. The summed E-state index contributed by atoms with van der Waals surface area (Å²) in [6, 6.07) is 6.81. The van der Waals surface area contributed by atoms with Crippen molar-refractivity contribution in [2.24, 2.45) is 0 Å². The quantitative estimate of drug-likeness (QED) is 0.774. The second kappa shape index (κ2) is 4.34. The molecule has 0 saturated heterocycles. The Bertz CT molecular complexity index is 452. The molecule has 76 valence electrons. The second-order valence-electron chi connectivity index (χ2n) is 2.80. The molecule has 1 rings (SSSR count). The SMILES string of the molecule is C=C(CS(=O)(=O)Cl)c1cccc(Cl)c1. The van der Waals surface area contributed by atoms with Gasteiger partial charge in [-0.25, -0.2) is 8.42 Å². The summed E-state index contributed by atoms with van der Waals surface area (Å²) < 4.78 is 21.5. The highest BCUT2D eigenvalue weighted by Crippen LogP contribution is 2.19. The monoisotopic (exact) mass is 250 g/mol. The Balaban J connectivity index is 2.91. The zero-order valence-corrected chi connectivity index (χ0v) is 9.53. The van der Waals surface area contributed by atoms with Crippen LogP contribution in [0.2, 0.25) is 5.02 Å². The van der Waals surface area contributed by atoms with Crippen molar-refractivity contribution in [3.8, 4) is 0 Å². The van der Waals surface area contributed by atoms with Crippen LogP contribution in [0.3, 0.4) is 0 Å². The van der Waals surface area contributed by atoms with Gasteiger partial charge in [-0.05, 0) is 23.3 Å². The lowest BCUT2D eigenvalue weighted by molar-refractivity contribution is 0.612. The molecule has 0 amide bonds. The predicted octanol–water partition coefficient (Wildman–Crippen LogP) is 2.92. The molecule has 0 atom stereocenters. The lowest BCUT2D eigenvalue weighted by Crippen LogP contribution is -1.99. The van der Waals surface area contributed by atoms with E-state index in [1.807, 2.05) is 0 Å². The first-order valence-corrected chi connectivity index (χ1v) is 6.60. The third-order valence-corrected chi connectivity index (χ3v) is 2.84. The first-order valence-electron chi connectivity index (χ1n) is 3.74. The summed E-state index contributed by atoms with van der Waals surface area (Å²) in [5, 5.41) is 0.538. The average molecular weight is 251 g/mol. The predicted molar refractivity (Wildman–Crippen MR) is 60.1 cm³/mol. The van der Waals surface area contributed by atoms with E-state index in [-0.39, 0.29) is 5.75 Å². The summed E-state index contributed by atoms with van der Waals surface area (Å²) in [7, 11) is 1.54. The minimum absolute atomic E-state index is 0.269. The summed E-state index contributed by atoms with van der Waals surface area (Å²) in [4.78, 5) is 0. The molecular formula is C9H8Cl2O2S. The van der Waals surface area contributed by atoms with Gasteiger partial charge in [-0.2, -0.15) is 0 Å². The highest BCUT2D eigenvalue weighted by molar-refractivity contribution is 8.14. The van der Waals surface area contributed by atoms with Crippen molar-refractivity contribution in [2.75, 3.05) is 5.75 Å². The highest BCUT2D eigenvalue weighted by Gasteiger charge is 2.09. The topological polar surface area (TPSA) is 34.1 Å². The van der Waals surface area contributed by atoms with Crippen molar-refractivity contribution >= 4 is 36.9 Å². The van der Waals surface area contributed by atoms with Crippen LogP contribution in [0.1, 0.15) is 5.56 Å². The summed E-state index contributed by atoms with van der Waals surface area (Å²) >= 11 is 5.74. The fourth-order valence-corrected chi connectivity index (χ4v) is 2.17. The van der Waals surface area contributed by atoms with Crippen LogP contribution in [0.15, 0.2) is 30.8 Å². The van der Waals surface area contributed by atoms with Crippen LogP contribution in [-0.4, -0.2) is 14.2 Å². The van der Waals surface area contributed by atoms with Crippen molar-refractivity contribution in [3.63, 3.8) is 0 Å². The van der Waals surface area contributed by atoms with Crippen molar-refractivity contribution < 1.29 is 8.42 Å². The number of hydrogen-bond donors (Lipinski definition) is 0. The normalized spacial score (nSPS) is 11.3. The Morgan fingerprint density at radius 1 is 1.43 bits per heavy atom. The molecule has 0 aliphatic carbocycles. The van der Waals surface area contributed by atoms with Gasteiger partial charge in [0.15, 0.2) is 0 Å². The number of hydrogen-bond acceptors (Lipinski definition) is 2. The van der Waals surface area contributed by atoms with E-state index in [0.29, 0.717) is 16.2 Å². The van der Waals surface area contributed by atoms with Gasteiger partial charge in [0.1, 0.15) is 0 Å². The van der Waals surface area contributed by atoms with Crippen LogP contribution in [-0.2, 0) is 9.05 Å². The third kappa shape index (κ3) is 3.70. The van der Waals surface area contributed by atoms with Gasteiger partial charge in [-0.3, -0.25) is 0 Å². The highest BCUT2D eigenvalue weighted by atomic mass is 35.7. The molecule has 0 saturated carbocycles. The molecule has 0 aromatic heterocycles. The molecular weight excluding hydrogens is 243 g/mol. The lowest BCUT2D eigenvalue weighted by Gasteiger charge is -2.03. The minimum Gasteiger partial charge on any atom is -0.212 e. The fraction of sp³-hybridized carbons (Fsp3) is 0.111. The van der Waals surface area contributed by atoms with Crippen molar-refractivity contribution in [3.05, 3.63) is 41.4 Å². The van der Waals surface area contributed by atoms with Gasteiger partial charge < -0.3 is 0 Å². The molecule has 14 heavy (non-hydrogen) atoms. The van der Waals surface area contributed by atoms with Gasteiger partial charge >= 0.3 is 0 Å². The summed E-state index contributed by atoms with van der Waals surface area (Å²) in [6.45, 7) is 3.63. The summed E-state index contributed by atoms with van der Waals surface area (Å²) in [5.41, 5.74) is 1.12. The molecule has 2 nitrogen and oxygen atoms in total. The Morgan fingerprint density at radius 2 is 2.07 bits per heavy atom. The number of halogens is 2. The van der Waals surface area contributed by atoms with Crippen LogP contribution in [0, 0.1) is 0 Å². The Kier molecular flexibility index (Phi) is 3.59. The van der Waals surface area contributed by atoms with Gasteiger partial charge in [-0.15, -0.1) is 0 Å². The Labute approximate surface area is 92.6 Å². The molecule has 0 N–H and O–H groups in total. The molecule has 0 fully saturated rings. The van der Waals surface area contributed by atoms with E-state index in [0.717, 1.165) is 0 Å². The van der Waals surface area contributed by atoms with E-state index in [9.17, 15) is 8.42 Å². The molecule has 0 unspecified atom stereocenters. The van der Waals surface area contributed by atoms with Gasteiger partial charge in [0, 0.05) is 15.7 Å². The average Bonchev–Trinajstić information content (AvgIpc) is 2.01. The molecule has 0 aliphatic rings. The van der Waals surface area contributed by atoms with Crippen LogP contribution in [0.5, 0.6) is 0 Å². The van der Waals surface area contributed by atoms with E-state index in [2.05, 4.69) is 6.58 Å². The minimum atomic E-state index is -3.55. The number of benzene rings is 1. The number of rotatable bonds is 3. The molecule has 0 bridgehead atoms. The van der Waals surface area contributed by atoms with Crippen LogP contribution >= 0.6 is 22.3 Å². The summed E-state index contributed by atoms with van der Waals surface area (Å²) in [6.07, 6.45) is 0. The van der Waals surface area contributed by atoms with E-state index in [4.69, 9.17) is 22.3 Å². The van der Waals surface area contributed by atoms with Crippen molar-refractivity contribution in [2.45, 2.75) is 0 Å². The van der Waals surface area contributed by atoms with Crippen molar-refractivity contribution in [1.82, 2.24) is 0 Å². The van der Waals surface area contributed by atoms with E-state index >= 15 is 0 Å². The zero-order valence-electron chi connectivity index (χ0n) is 7.20. The van der Waals surface area contributed by atoms with Crippen LogP contribution in [0.25, 0.3) is 5.57 Å². The smallest absolute Gasteiger partial charge is 0.212 e. The summed E-state index contributed by atoms with van der Waals surface area (Å²) in [5.74, 6) is -0.269. The first-order chi connectivity index (χ1) is 6.38. The van der Waals surface area contributed by atoms with Gasteiger partial charge in [0.2, 0.25) is 9.05 Å². The van der Waals surface area contributed by atoms with Gasteiger partial charge in [0.05, 0.1) is 5.75 Å². The Hall–Kier alpha value is -0.510. The molecule has 0 spiro atoms. The largest absolute Gasteiger partial charge is 0.236 e. The maximum absolute atomic E-state index is 10.8. The van der Waals surface area contributed by atoms with E-state index < -0.39 is 9.05 Å². The van der Waals surface area contributed by atoms with Crippen molar-refractivity contribution in [1.29, 1.82) is 0 Å². The van der Waals surface area contributed by atoms with Crippen LogP contribution in [0.4, 0.5) is 0 Å². The van der Waals surface area contributed by atoms with E-state index in [1.165, 1.54) is 0 Å². The lowest BCUT2D eigenvalue weighted by atomic mass is 10.1. The molecule has 5 heteroatoms. The van der Waals surface area contributed by atoms with E-state index in [1.54, 1.807) is 24.3 Å². The molecule has 0 radical (unpaired) electrons. The van der Waals surface area contributed by atoms with Gasteiger partial charge in [-0.1, -0.05) is 30.3 Å². The third-order valence-electron chi connectivity index (χ3n) is 1.58. The maximum Gasteiger partial charge on any atom is 0.236 e. The second-order valence-corrected chi connectivity index (χ2v) is 6.01. The fourth-order valence-electron chi connectivity index (χ4n) is 1.000.